The molecule has 1 unspecified atom stereocenters. The predicted octanol–water partition coefficient (Wildman–Crippen LogP) is 7.69. The Morgan fingerprint density at radius 3 is 1.74 bits per heavy atom. The van der Waals surface area contributed by atoms with Crippen molar-refractivity contribution in [1.82, 2.24) is 4.98 Å². The van der Waals surface area contributed by atoms with E-state index in [4.69, 9.17) is 0 Å². The molecule has 0 saturated heterocycles. The molecule has 1 heterocycles. The molecule has 0 saturated carbocycles. The average molecular weight is 425 g/mol. The maximum Gasteiger partial charge on any atom is 0.166 e. The molecule has 0 spiro atoms. The number of pyridine rings is 1. The third kappa shape index (κ3) is 5.65. The summed E-state index contributed by atoms with van der Waals surface area (Å²) in [4.78, 5) is 8.25. The molecule has 4 aromatic rings. The van der Waals surface area contributed by atoms with Crippen LogP contribution < -0.4 is 0 Å². The predicted molar refractivity (Wildman–Crippen MR) is 132 cm³/mol. The van der Waals surface area contributed by atoms with Gasteiger partial charge in [-0.15, -0.1) is 0 Å². The minimum absolute atomic E-state index is 0.0802. The molecule has 2 heteroatoms. The molecule has 0 aliphatic heterocycles. The van der Waals surface area contributed by atoms with Crippen molar-refractivity contribution in [2.75, 3.05) is 0 Å². The summed E-state index contributed by atoms with van der Waals surface area (Å²) < 4.78 is 0. The van der Waals surface area contributed by atoms with Crippen LogP contribution in [0.5, 0.6) is 0 Å². The van der Waals surface area contributed by atoms with Gasteiger partial charge in [-0.05, 0) is 84.8 Å². The standard InChI is InChI=1S/C29H30NS/c1-2-9-25(15-14-24-20-22-30-23-21-24)26-16-18-29(19-17-26)31(27-10-5-3-6-11-27)28-12-7-4-8-13-28/h3-8,10-13,16-23,25H,2,9,14-15H2,1H3/q+1. The van der Waals surface area contributed by atoms with E-state index in [1.54, 1.807) is 0 Å². The summed E-state index contributed by atoms with van der Waals surface area (Å²) in [6.45, 7) is 2.29. The van der Waals surface area contributed by atoms with Crippen molar-refractivity contribution in [3.63, 3.8) is 0 Å². The second-order valence-electron chi connectivity index (χ2n) is 7.88. The molecule has 0 aliphatic carbocycles. The van der Waals surface area contributed by atoms with Crippen LogP contribution in [0.3, 0.4) is 0 Å². The lowest BCUT2D eigenvalue weighted by atomic mass is 9.89. The van der Waals surface area contributed by atoms with E-state index in [1.807, 2.05) is 12.4 Å². The molecule has 1 atom stereocenters. The van der Waals surface area contributed by atoms with E-state index in [1.165, 1.54) is 45.1 Å². The Balaban J connectivity index is 1.58. The third-order valence-electron chi connectivity index (χ3n) is 5.71. The number of rotatable bonds is 9. The molecule has 0 bridgehead atoms. The van der Waals surface area contributed by atoms with Crippen LogP contribution in [-0.2, 0) is 17.3 Å². The van der Waals surface area contributed by atoms with Crippen LogP contribution in [0.25, 0.3) is 0 Å². The first-order valence-electron chi connectivity index (χ1n) is 11.2. The summed E-state index contributed by atoms with van der Waals surface area (Å²) in [5.41, 5.74) is 2.84. The van der Waals surface area contributed by atoms with Crippen molar-refractivity contribution in [3.05, 3.63) is 121 Å². The van der Waals surface area contributed by atoms with Crippen molar-refractivity contribution < 1.29 is 0 Å². The van der Waals surface area contributed by atoms with E-state index in [0.29, 0.717) is 5.92 Å². The lowest BCUT2D eigenvalue weighted by Gasteiger charge is -2.17. The van der Waals surface area contributed by atoms with E-state index < -0.39 is 0 Å². The summed E-state index contributed by atoms with van der Waals surface area (Å²) >= 11 is 0. The highest BCUT2D eigenvalue weighted by atomic mass is 32.2. The van der Waals surface area contributed by atoms with Gasteiger partial charge in [0.1, 0.15) is 0 Å². The van der Waals surface area contributed by atoms with Gasteiger partial charge in [-0.1, -0.05) is 61.9 Å². The molecule has 31 heavy (non-hydrogen) atoms. The molecular weight excluding hydrogens is 394 g/mol. The Labute approximate surface area is 189 Å². The zero-order valence-corrected chi connectivity index (χ0v) is 19.0. The molecule has 4 rings (SSSR count). The van der Waals surface area contributed by atoms with Crippen molar-refractivity contribution in [2.45, 2.75) is 53.2 Å². The highest BCUT2D eigenvalue weighted by molar-refractivity contribution is 7.97. The van der Waals surface area contributed by atoms with E-state index in [0.717, 1.165) is 6.42 Å². The van der Waals surface area contributed by atoms with E-state index in [9.17, 15) is 0 Å². The van der Waals surface area contributed by atoms with Crippen LogP contribution in [0.4, 0.5) is 0 Å². The third-order valence-corrected chi connectivity index (χ3v) is 7.94. The van der Waals surface area contributed by atoms with Crippen LogP contribution in [-0.4, -0.2) is 4.98 Å². The Hall–Kier alpha value is -2.84. The largest absolute Gasteiger partial charge is 0.265 e. The van der Waals surface area contributed by atoms with Gasteiger partial charge in [0.15, 0.2) is 14.7 Å². The van der Waals surface area contributed by atoms with Crippen LogP contribution >= 0.6 is 0 Å². The fourth-order valence-corrected chi connectivity index (χ4v) is 6.20. The van der Waals surface area contributed by atoms with Gasteiger partial charge in [-0.25, -0.2) is 0 Å². The molecule has 0 amide bonds. The monoisotopic (exact) mass is 424 g/mol. The molecule has 1 nitrogen and oxygen atoms in total. The molecule has 3 aromatic carbocycles. The highest BCUT2D eigenvalue weighted by Gasteiger charge is 2.28. The zero-order chi connectivity index (χ0) is 21.3. The SMILES string of the molecule is CCCC(CCc1ccncc1)c1ccc([S+](c2ccccc2)c2ccccc2)cc1. The number of benzene rings is 3. The van der Waals surface area contributed by atoms with Gasteiger partial charge in [0.2, 0.25) is 0 Å². The van der Waals surface area contributed by atoms with Gasteiger partial charge in [-0.2, -0.15) is 0 Å². The highest BCUT2D eigenvalue weighted by Crippen LogP contribution is 2.33. The van der Waals surface area contributed by atoms with Crippen molar-refractivity contribution >= 4 is 10.9 Å². The van der Waals surface area contributed by atoms with Gasteiger partial charge in [0.25, 0.3) is 0 Å². The van der Waals surface area contributed by atoms with Crippen LogP contribution in [0.2, 0.25) is 0 Å². The fraction of sp³-hybridized carbons (Fsp3) is 0.207. The Kier molecular flexibility index (Phi) is 7.57. The smallest absolute Gasteiger partial charge is 0.166 e. The second-order valence-corrected chi connectivity index (χ2v) is 9.91. The lowest BCUT2D eigenvalue weighted by Crippen LogP contribution is -2.06. The van der Waals surface area contributed by atoms with Crippen molar-refractivity contribution in [3.8, 4) is 0 Å². The van der Waals surface area contributed by atoms with E-state index in [-0.39, 0.29) is 10.9 Å². The van der Waals surface area contributed by atoms with Crippen LogP contribution in [0.1, 0.15) is 43.2 Å². The van der Waals surface area contributed by atoms with Crippen molar-refractivity contribution in [1.29, 1.82) is 0 Å². The number of hydrogen-bond donors (Lipinski definition) is 0. The average Bonchev–Trinajstić information content (AvgIpc) is 2.84. The minimum Gasteiger partial charge on any atom is -0.265 e. The summed E-state index contributed by atoms with van der Waals surface area (Å²) in [7, 11) is -0.0802. The molecule has 0 radical (unpaired) electrons. The topological polar surface area (TPSA) is 12.9 Å². The van der Waals surface area contributed by atoms with E-state index >= 15 is 0 Å². The number of nitrogens with zero attached hydrogens (tertiary/aromatic N) is 1. The first-order valence-corrected chi connectivity index (χ1v) is 12.4. The van der Waals surface area contributed by atoms with Gasteiger partial charge >= 0.3 is 0 Å². The summed E-state index contributed by atoms with van der Waals surface area (Å²) in [6.07, 6.45) is 8.52. The van der Waals surface area contributed by atoms with E-state index in [2.05, 4.69) is 109 Å². The first-order chi connectivity index (χ1) is 15.3. The van der Waals surface area contributed by atoms with Gasteiger partial charge in [0, 0.05) is 12.4 Å². The van der Waals surface area contributed by atoms with Gasteiger partial charge in [-0.3, -0.25) is 4.98 Å². The molecule has 0 aliphatic rings. The quantitative estimate of drug-likeness (QED) is 0.251. The second kappa shape index (κ2) is 11.0. The van der Waals surface area contributed by atoms with Gasteiger partial charge < -0.3 is 0 Å². The summed E-state index contributed by atoms with van der Waals surface area (Å²) in [6, 6.07) is 35.5. The van der Waals surface area contributed by atoms with Crippen LogP contribution in [0, 0.1) is 0 Å². The Morgan fingerprint density at radius 1 is 0.645 bits per heavy atom. The normalized spacial score (nSPS) is 12.1. The van der Waals surface area contributed by atoms with Gasteiger partial charge in [0.05, 0.1) is 10.9 Å². The Bertz CT molecular complexity index is 991. The molecular formula is C29H30NS+. The first kappa shape index (κ1) is 21.4. The number of aryl methyl sites for hydroxylation is 1. The van der Waals surface area contributed by atoms with Crippen molar-refractivity contribution in [2.24, 2.45) is 0 Å². The molecule has 0 N–H and O–H groups in total. The lowest BCUT2D eigenvalue weighted by molar-refractivity contribution is 0.568. The molecule has 1 aromatic heterocycles. The maximum atomic E-state index is 4.14. The molecule has 0 fully saturated rings. The van der Waals surface area contributed by atoms with Crippen LogP contribution in [0.15, 0.2) is 124 Å². The number of aromatic nitrogens is 1. The zero-order valence-electron chi connectivity index (χ0n) is 18.2. The fourth-order valence-electron chi connectivity index (χ4n) is 4.11. The minimum atomic E-state index is -0.0802. The molecule has 156 valence electrons. The summed E-state index contributed by atoms with van der Waals surface area (Å²) in [5.74, 6) is 0.599. The number of hydrogen-bond acceptors (Lipinski definition) is 1. The maximum absolute atomic E-state index is 4.14. The summed E-state index contributed by atoms with van der Waals surface area (Å²) in [5, 5.41) is 0. The Morgan fingerprint density at radius 2 is 1.19 bits per heavy atom.